The molecule has 0 bridgehead atoms. The van der Waals surface area contributed by atoms with Crippen molar-refractivity contribution in [2.75, 3.05) is 5.73 Å². The summed E-state index contributed by atoms with van der Waals surface area (Å²) in [5.74, 6) is 0. The van der Waals surface area contributed by atoms with E-state index in [9.17, 15) is 5.21 Å². The molecule has 1 aromatic rings. The Hall–Kier alpha value is -0.330. The van der Waals surface area contributed by atoms with Crippen molar-refractivity contribution in [3.05, 3.63) is 29.0 Å². The molecular formula is C7H10IN2O-. The number of nitrogen functional groups attached to an aromatic ring is 1. The fourth-order valence-electron chi connectivity index (χ4n) is 0.732. The van der Waals surface area contributed by atoms with E-state index in [-0.39, 0.29) is 24.0 Å². The number of rotatable bonds is 1. The van der Waals surface area contributed by atoms with E-state index in [0.717, 1.165) is 11.0 Å². The molecule has 0 heterocycles. The molecule has 0 unspecified atom stereocenters. The van der Waals surface area contributed by atoms with Gasteiger partial charge in [-0.05, 0) is 18.6 Å². The van der Waals surface area contributed by atoms with Gasteiger partial charge >= 0.3 is 0 Å². The molecule has 1 aromatic carbocycles. The van der Waals surface area contributed by atoms with Gasteiger partial charge in [0.05, 0.1) is 0 Å². The highest BCUT2D eigenvalue weighted by Crippen LogP contribution is 2.12. The number of hydrogen-bond donors (Lipinski definition) is 2. The number of quaternary nitrogens is 1. The van der Waals surface area contributed by atoms with Gasteiger partial charge in [0.25, 0.3) is 0 Å². The molecule has 0 fully saturated rings. The molecular weight excluding hydrogens is 255 g/mol. The lowest BCUT2D eigenvalue weighted by atomic mass is 10.2. The first-order valence-corrected chi connectivity index (χ1v) is 3.05. The van der Waals surface area contributed by atoms with Crippen LogP contribution < -0.4 is 35.2 Å². The van der Waals surface area contributed by atoms with Crippen LogP contribution in [0.3, 0.4) is 0 Å². The van der Waals surface area contributed by atoms with Gasteiger partial charge in [0, 0.05) is 11.8 Å². The summed E-state index contributed by atoms with van der Waals surface area (Å²) in [6.45, 7) is 1.91. The van der Waals surface area contributed by atoms with Gasteiger partial charge < -0.3 is 40.4 Å². The first kappa shape index (κ1) is 10.7. The number of hydrogen-bond acceptors (Lipinski definition) is 2. The molecule has 11 heavy (non-hydrogen) atoms. The van der Waals surface area contributed by atoms with Crippen LogP contribution in [-0.2, 0) is 0 Å². The standard InChI is InChI=1S/C7H10N2O.HI/c1-5-2-3-6(9-10)4-7(5)8;/h2-4H,8-9H2,1H3;1H/p-1. The van der Waals surface area contributed by atoms with E-state index in [2.05, 4.69) is 0 Å². The molecule has 62 valence electrons. The fraction of sp³-hybridized carbons (Fsp3) is 0.143. The van der Waals surface area contributed by atoms with Crippen molar-refractivity contribution < 1.29 is 29.5 Å². The van der Waals surface area contributed by atoms with Crippen LogP contribution in [0.15, 0.2) is 18.2 Å². The second kappa shape index (κ2) is 4.53. The molecule has 0 atom stereocenters. The Morgan fingerprint density at radius 2 is 2.09 bits per heavy atom. The van der Waals surface area contributed by atoms with Crippen LogP contribution in [0.1, 0.15) is 5.56 Å². The van der Waals surface area contributed by atoms with Crippen LogP contribution in [-0.4, -0.2) is 0 Å². The molecule has 4 N–H and O–H groups in total. The van der Waals surface area contributed by atoms with Crippen molar-refractivity contribution in [3.63, 3.8) is 0 Å². The van der Waals surface area contributed by atoms with E-state index in [1.54, 1.807) is 12.1 Å². The molecule has 0 amide bonds. The third kappa shape index (κ3) is 2.64. The van der Waals surface area contributed by atoms with Gasteiger partial charge in [-0.2, -0.15) is 0 Å². The van der Waals surface area contributed by atoms with Gasteiger partial charge in [0.2, 0.25) is 0 Å². The Morgan fingerprint density at radius 3 is 2.55 bits per heavy atom. The molecule has 1 rings (SSSR count). The van der Waals surface area contributed by atoms with E-state index in [1.807, 2.05) is 13.0 Å². The highest BCUT2D eigenvalue weighted by atomic mass is 127. The third-order valence-electron chi connectivity index (χ3n) is 1.44. The molecule has 0 radical (unpaired) electrons. The monoisotopic (exact) mass is 265 g/mol. The molecule has 0 aliphatic carbocycles. The Bertz CT molecular complexity index is 240. The first-order chi connectivity index (χ1) is 4.74. The minimum absolute atomic E-state index is 0. The Kier molecular flexibility index (Phi) is 4.39. The van der Waals surface area contributed by atoms with Crippen LogP contribution in [0, 0.1) is 12.1 Å². The Morgan fingerprint density at radius 1 is 1.45 bits per heavy atom. The van der Waals surface area contributed by atoms with Crippen LogP contribution in [0.2, 0.25) is 0 Å². The molecule has 3 nitrogen and oxygen atoms in total. The summed E-state index contributed by atoms with van der Waals surface area (Å²) in [6.07, 6.45) is 0. The van der Waals surface area contributed by atoms with Gasteiger partial charge in [-0.3, -0.25) is 0 Å². The Balaban J connectivity index is 0.000001000. The highest BCUT2D eigenvalue weighted by Gasteiger charge is 1.94. The van der Waals surface area contributed by atoms with E-state index >= 15 is 0 Å². The van der Waals surface area contributed by atoms with Gasteiger partial charge in [-0.25, -0.2) is 0 Å². The smallest absolute Gasteiger partial charge is 0.131 e. The highest BCUT2D eigenvalue weighted by molar-refractivity contribution is 5.52. The largest absolute Gasteiger partial charge is 1.00 e. The van der Waals surface area contributed by atoms with Gasteiger partial charge in [0.1, 0.15) is 5.69 Å². The predicted octanol–water partition coefficient (Wildman–Crippen LogP) is -2.73. The summed E-state index contributed by atoms with van der Waals surface area (Å²) < 4.78 is 0. The fourth-order valence-corrected chi connectivity index (χ4v) is 0.732. The van der Waals surface area contributed by atoms with Crippen LogP contribution in [0.4, 0.5) is 11.4 Å². The minimum atomic E-state index is 0. The van der Waals surface area contributed by atoms with Crippen LogP contribution >= 0.6 is 0 Å². The topological polar surface area (TPSA) is 65.7 Å². The normalized spacial score (nSPS) is 8.91. The summed E-state index contributed by atoms with van der Waals surface area (Å²) in [6, 6.07) is 5.25. The molecule has 0 spiro atoms. The van der Waals surface area contributed by atoms with Crippen LogP contribution in [0.25, 0.3) is 0 Å². The lowest BCUT2D eigenvalue weighted by Crippen LogP contribution is -3.00. The summed E-state index contributed by atoms with van der Waals surface area (Å²) in [5, 5.41) is 10.2. The zero-order valence-electron chi connectivity index (χ0n) is 6.17. The number of halogens is 1. The van der Waals surface area contributed by atoms with Crippen molar-refractivity contribution >= 4 is 11.4 Å². The molecule has 0 aliphatic rings. The maximum absolute atomic E-state index is 10.2. The second-order valence-corrected chi connectivity index (χ2v) is 2.23. The van der Waals surface area contributed by atoms with E-state index in [4.69, 9.17) is 5.73 Å². The number of anilines is 1. The number of nitrogens with two attached hydrogens (primary N) is 2. The van der Waals surface area contributed by atoms with Gasteiger partial charge in [-0.15, -0.1) is 0 Å². The van der Waals surface area contributed by atoms with Crippen molar-refractivity contribution in [3.8, 4) is 0 Å². The van der Waals surface area contributed by atoms with Gasteiger partial charge in [0.15, 0.2) is 0 Å². The summed E-state index contributed by atoms with van der Waals surface area (Å²) in [5.41, 5.74) is 8.63. The predicted molar refractivity (Wildman–Crippen MR) is 40.5 cm³/mol. The van der Waals surface area contributed by atoms with E-state index in [0.29, 0.717) is 11.4 Å². The van der Waals surface area contributed by atoms with Crippen molar-refractivity contribution in [1.82, 2.24) is 0 Å². The lowest BCUT2D eigenvalue weighted by molar-refractivity contribution is -0.497. The zero-order valence-corrected chi connectivity index (χ0v) is 8.33. The maximum Gasteiger partial charge on any atom is 0.131 e. The molecule has 4 heteroatoms. The summed E-state index contributed by atoms with van der Waals surface area (Å²) >= 11 is 0. The number of benzene rings is 1. The quantitative estimate of drug-likeness (QED) is 0.329. The maximum atomic E-state index is 10.2. The van der Waals surface area contributed by atoms with Crippen molar-refractivity contribution in [2.45, 2.75) is 6.92 Å². The third-order valence-corrected chi connectivity index (χ3v) is 1.44. The summed E-state index contributed by atoms with van der Waals surface area (Å²) in [7, 11) is 0. The molecule has 0 saturated heterocycles. The SMILES string of the molecule is Cc1ccc([NH2+][O-])cc1N.[I-]. The Labute approximate surface area is 82.6 Å². The van der Waals surface area contributed by atoms with Crippen molar-refractivity contribution in [2.24, 2.45) is 0 Å². The van der Waals surface area contributed by atoms with Crippen LogP contribution in [0.5, 0.6) is 0 Å². The van der Waals surface area contributed by atoms with Crippen molar-refractivity contribution in [1.29, 1.82) is 0 Å². The number of aryl methyl sites for hydroxylation is 1. The lowest BCUT2D eigenvalue weighted by Gasteiger charge is -2.03. The second-order valence-electron chi connectivity index (χ2n) is 2.23. The average molecular weight is 265 g/mol. The average Bonchev–Trinajstić information content (AvgIpc) is 1.95. The molecule has 0 saturated carbocycles. The summed E-state index contributed by atoms with van der Waals surface area (Å²) in [4.78, 5) is 0. The molecule has 0 aromatic heterocycles. The van der Waals surface area contributed by atoms with Gasteiger partial charge in [-0.1, -0.05) is 6.07 Å². The van der Waals surface area contributed by atoms with E-state index < -0.39 is 0 Å². The van der Waals surface area contributed by atoms with E-state index in [1.165, 1.54) is 0 Å². The zero-order chi connectivity index (χ0) is 7.56. The molecule has 0 aliphatic heterocycles. The first-order valence-electron chi connectivity index (χ1n) is 3.05. The minimum Gasteiger partial charge on any atom is -1.00 e.